The fraction of sp³-hybridized carbons (Fsp3) is 0.333. The second kappa shape index (κ2) is 6.03. The molecule has 0 aliphatic rings. The second-order valence-electron chi connectivity index (χ2n) is 2.17. The van der Waals surface area contributed by atoms with Crippen LogP contribution in [0.25, 0.3) is 0 Å². The van der Waals surface area contributed by atoms with Crippen molar-refractivity contribution >= 4 is 15.9 Å². The van der Waals surface area contributed by atoms with Crippen molar-refractivity contribution in [3.05, 3.63) is 30.3 Å². The van der Waals surface area contributed by atoms with Gasteiger partial charge >= 0.3 is 0 Å². The van der Waals surface area contributed by atoms with Gasteiger partial charge < -0.3 is 9.47 Å². The van der Waals surface area contributed by atoms with E-state index in [0.717, 1.165) is 11.1 Å². The molecule has 2 nitrogen and oxygen atoms in total. The van der Waals surface area contributed by atoms with Crippen molar-refractivity contribution in [1.82, 2.24) is 0 Å². The molecule has 1 aromatic rings. The Bertz CT molecular complexity index is 201. The molecule has 0 atom stereocenters. The highest BCUT2D eigenvalue weighted by Crippen LogP contribution is 2.07. The van der Waals surface area contributed by atoms with E-state index in [9.17, 15) is 0 Å². The van der Waals surface area contributed by atoms with Gasteiger partial charge in [0.05, 0.1) is 6.61 Å². The summed E-state index contributed by atoms with van der Waals surface area (Å²) in [5.41, 5.74) is 0. The number of rotatable bonds is 5. The Morgan fingerprint density at radius 2 is 1.92 bits per heavy atom. The minimum atomic E-state index is 0.315. The first-order valence-electron chi connectivity index (χ1n) is 3.75. The average molecular weight is 231 g/mol. The van der Waals surface area contributed by atoms with Gasteiger partial charge in [-0.3, -0.25) is 0 Å². The zero-order valence-electron chi connectivity index (χ0n) is 6.70. The fourth-order valence-electron chi connectivity index (χ4n) is 0.740. The molecule has 0 fully saturated rings. The van der Waals surface area contributed by atoms with Crippen LogP contribution in [0.3, 0.4) is 0 Å². The number of benzene rings is 1. The summed E-state index contributed by atoms with van der Waals surface area (Å²) >= 11 is 3.26. The molecule has 0 aliphatic carbocycles. The van der Waals surface area contributed by atoms with Crippen molar-refractivity contribution in [3.63, 3.8) is 0 Å². The lowest BCUT2D eigenvalue weighted by atomic mass is 10.3. The lowest BCUT2D eigenvalue weighted by Crippen LogP contribution is -2.04. The standard InChI is InChI=1S/C9H11BrO2/c10-6-7-11-8-12-9-4-2-1-3-5-9/h1-5H,6-8H2. The molecule has 0 bridgehead atoms. The molecule has 0 N–H and O–H groups in total. The zero-order valence-corrected chi connectivity index (χ0v) is 8.29. The highest BCUT2D eigenvalue weighted by Gasteiger charge is 1.89. The number of ether oxygens (including phenoxy) is 2. The largest absolute Gasteiger partial charge is 0.468 e. The summed E-state index contributed by atoms with van der Waals surface area (Å²) in [6, 6.07) is 9.61. The van der Waals surface area contributed by atoms with Crippen LogP contribution < -0.4 is 4.74 Å². The van der Waals surface area contributed by atoms with E-state index in [-0.39, 0.29) is 0 Å². The molecule has 66 valence electrons. The first kappa shape index (κ1) is 9.55. The lowest BCUT2D eigenvalue weighted by Gasteiger charge is -2.04. The molecule has 0 radical (unpaired) electrons. The quantitative estimate of drug-likeness (QED) is 0.440. The molecule has 0 unspecified atom stereocenters. The Morgan fingerprint density at radius 1 is 1.17 bits per heavy atom. The molecule has 0 saturated heterocycles. The van der Waals surface area contributed by atoms with Crippen molar-refractivity contribution < 1.29 is 9.47 Å². The van der Waals surface area contributed by atoms with Gasteiger partial charge in [0.1, 0.15) is 5.75 Å². The predicted molar refractivity (Wildman–Crippen MR) is 51.7 cm³/mol. The third-order valence-electron chi connectivity index (χ3n) is 1.27. The van der Waals surface area contributed by atoms with Gasteiger partial charge in [-0.15, -0.1) is 0 Å². The van der Waals surface area contributed by atoms with E-state index in [0.29, 0.717) is 13.4 Å². The Kier molecular flexibility index (Phi) is 4.80. The second-order valence-corrected chi connectivity index (χ2v) is 2.97. The molecular weight excluding hydrogens is 220 g/mol. The highest BCUT2D eigenvalue weighted by atomic mass is 79.9. The van der Waals surface area contributed by atoms with Crippen LogP contribution in [0.1, 0.15) is 0 Å². The van der Waals surface area contributed by atoms with Gasteiger partial charge in [-0.2, -0.15) is 0 Å². The summed E-state index contributed by atoms with van der Waals surface area (Å²) < 4.78 is 10.4. The van der Waals surface area contributed by atoms with Gasteiger partial charge in [-0.1, -0.05) is 34.1 Å². The van der Waals surface area contributed by atoms with Crippen LogP contribution in [0.5, 0.6) is 5.75 Å². The topological polar surface area (TPSA) is 18.5 Å². The van der Waals surface area contributed by atoms with Crippen LogP contribution in [0.4, 0.5) is 0 Å². The SMILES string of the molecule is BrCCOCOc1ccccc1. The van der Waals surface area contributed by atoms with Crippen LogP contribution >= 0.6 is 15.9 Å². The molecule has 0 aromatic heterocycles. The van der Waals surface area contributed by atoms with E-state index in [1.165, 1.54) is 0 Å². The summed E-state index contributed by atoms with van der Waals surface area (Å²) in [4.78, 5) is 0. The average Bonchev–Trinajstić information content (AvgIpc) is 2.14. The zero-order chi connectivity index (χ0) is 8.65. The molecule has 0 spiro atoms. The summed E-state index contributed by atoms with van der Waals surface area (Å²) in [6.45, 7) is 0.989. The van der Waals surface area contributed by atoms with Crippen molar-refractivity contribution in [2.45, 2.75) is 0 Å². The highest BCUT2D eigenvalue weighted by molar-refractivity contribution is 9.09. The number of alkyl halides is 1. The van der Waals surface area contributed by atoms with Crippen molar-refractivity contribution in [1.29, 1.82) is 0 Å². The monoisotopic (exact) mass is 230 g/mol. The minimum absolute atomic E-state index is 0.315. The van der Waals surface area contributed by atoms with Crippen molar-refractivity contribution in [2.24, 2.45) is 0 Å². The van der Waals surface area contributed by atoms with Crippen LogP contribution in [-0.2, 0) is 4.74 Å². The van der Waals surface area contributed by atoms with Gasteiger partial charge in [0.15, 0.2) is 6.79 Å². The first-order valence-corrected chi connectivity index (χ1v) is 4.87. The van der Waals surface area contributed by atoms with E-state index in [1.54, 1.807) is 0 Å². The number of halogens is 1. The molecule has 0 heterocycles. The summed E-state index contributed by atoms with van der Waals surface area (Å²) in [5.74, 6) is 0.840. The summed E-state index contributed by atoms with van der Waals surface area (Å²) in [6.07, 6.45) is 0. The van der Waals surface area contributed by atoms with E-state index in [4.69, 9.17) is 9.47 Å². The molecule has 1 rings (SSSR count). The van der Waals surface area contributed by atoms with E-state index >= 15 is 0 Å². The van der Waals surface area contributed by atoms with Gasteiger partial charge in [0.2, 0.25) is 0 Å². The van der Waals surface area contributed by atoms with Gasteiger partial charge in [0, 0.05) is 5.33 Å². The summed E-state index contributed by atoms with van der Waals surface area (Å²) in [5, 5.41) is 0.838. The number of hydrogen-bond donors (Lipinski definition) is 0. The van der Waals surface area contributed by atoms with E-state index in [2.05, 4.69) is 15.9 Å². The molecule has 0 amide bonds. The maximum absolute atomic E-state index is 5.26. The van der Waals surface area contributed by atoms with Crippen LogP contribution in [0, 0.1) is 0 Å². The normalized spacial score (nSPS) is 9.75. The molecule has 1 aromatic carbocycles. The Labute approximate surface area is 80.6 Å². The summed E-state index contributed by atoms with van der Waals surface area (Å²) in [7, 11) is 0. The van der Waals surface area contributed by atoms with Crippen LogP contribution in [-0.4, -0.2) is 18.7 Å². The van der Waals surface area contributed by atoms with Crippen molar-refractivity contribution in [3.8, 4) is 5.75 Å². The Morgan fingerprint density at radius 3 is 2.58 bits per heavy atom. The predicted octanol–water partition coefficient (Wildman–Crippen LogP) is 2.43. The van der Waals surface area contributed by atoms with E-state index in [1.807, 2.05) is 30.3 Å². The molecule has 0 aliphatic heterocycles. The smallest absolute Gasteiger partial charge is 0.189 e. The van der Waals surface area contributed by atoms with Crippen molar-refractivity contribution in [2.75, 3.05) is 18.7 Å². The Hall–Kier alpha value is -0.540. The molecule has 0 saturated carbocycles. The maximum atomic E-state index is 5.26. The number of hydrogen-bond acceptors (Lipinski definition) is 2. The number of para-hydroxylation sites is 1. The third kappa shape index (κ3) is 3.74. The lowest BCUT2D eigenvalue weighted by molar-refractivity contribution is 0.0241. The molecular formula is C9H11BrO2. The molecule has 12 heavy (non-hydrogen) atoms. The fourth-order valence-corrected chi connectivity index (χ4v) is 0.969. The molecule has 3 heteroatoms. The van der Waals surface area contributed by atoms with Gasteiger partial charge in [-0.05, 0) is 12.1 Å². The maximum Gasteiger partial charge on any atom is 0.189 e. The van der Waals surface area contributed by atoms with Crippen LogP contribution in [0.2, 0.25) is 0 Å². The van der Waals surface area contributed by atoms with Gasteiger partial charge in [-0.25, -0.2) is 0 Å². The van der Waals surface area contributed by atoms with E-state index < -0.39 is 0 Å². The first-order chi connectivity index (χ1) is 5.93. The van der Waals surface area contributed by atoms with Gasteiger partial charge in [0.25, 0.3) is 0 Å². The Balaban J connectivity index is 2.16. The minimum Gasteiger partial charge on any atom is -0.468 e. The third-order valence-corrected chi connectivity index (χ3v) is 1.60. The van der Waals surface area contributed by atoms with Crippen LogP contribution in [0.15, 0.2) is 30.3 Å².